The Hall–Kier alpha value is -1.77. The summed E-state index contributed by atoms with van der Waals surface area (Å²) in [5, 5.41) is 11.7. The van der Waals surface area contributed by atoms with E-state index in [-0.39, 0.29) is 24.9 Å². The van der Waals surface area contributed by atoms with E-state index in [2.05, 4.69) is 17.2 Å². The van der Waals surface area contributed by atoms with Gasteiger partial charge >= 0.3 is 5.69 Å². The maximum absolute atomic E-state index is 12.1. The normalized spacial score (nSPS) is 19.1. The summed E-state index contributed by atoms with van der Waals surface area (Å²) >= 11 is 0. The first kappa shape index (κ1) is 22.5. The molecule has 1 saturated heterocycles. The smallest absolute Gasteiger partial charge is 0.351 e. The molecule has 8 heteroatoms. The van der Waals surface area contributed by atoms with Crippen molar-refractivity contribution in [2.24, 2.45) is 0 Å². The van der Waals surface area contributed by atoms with E-state index < -0.39 is 18.2 Å². The van der Waals surface area contributed by atoms with Crippen molar-refractivity contribution in [1.29, 1.82) is 0 Å². The molecule has 0 aromatic carbocycles. The van der Waals surface area contributed by atoms with Crippen molar-refractivity contribution in [1.82, 2.24) is 9.55 Å². The standard InChI is InChI=1S/C20H33N3O5/c1-2-3-4-5-6-7-8-9-10-11-17(25)21-16-12-13-23(20(26)22-16)18-15-27-19(14-24)28-18/h12-13,18-19,24H,2-11,14-15H2,1H3,(H,21,22,25,26). The summed E-state index contributed by atoms with van der Waals surface area (Å²) in [6, 6.07) is 1.56. The van der Waals surface area contributed by atoms with Crippen LogP contribution in [-0.2, 0) is 14.3 Å². The summed E-state index contributed by atoms with van der Waals surface area (Å²) in [5.74, 6) is 0.105. The van der Waals surface area contributed by atoms with Crippen LogP contribution in [0.4, 0.5) is 5.82 Å². The van der Waals surface area contributed by atoms with Crippen LogP contribution in [0.3, 0.4) is 0 Å². The van der Waals surface area contributed by atoms with Crippen LogP contribution in [0.15, 0.2) is 17.1 Å². The Morgan fingerprint density at radius 3 is 2.50 bits per heavy atom. The second-order valence-electron chi connectivity index (χ2n) is 7.17. The predicted octanol–water partition coefficient (Wildman–Crippen LogP) is 2.97. The van der Waals surface area contributed by atoms with Crippen molar-refractivity contribution in [3.8, 4) is 0 Å². The van der Waals surface area contributed by atoms with Crippen LogP contribution < -0.4 is 11.0 Å². The molecule has 0 aliphatic carbocycles. The van der Waals surface area contributed by atoms with Gasteiger partial charge in [0.2, 0.25) is 5.91 Å². The fraction of sp³-hybridized carbons (Fsp3) is 0.750. The lowest BCUT2D eigenvalue weighted by molar-refractivity contribution is -0.116. The van der Waals surface area contributed by atoms with Gasteiger partial charge in [0.25, 0.3) is 0 Å². The Morgan fingerprint density at radius 1 is 1.21 bits per heavy atom. The number of carbonyl (C=O) groups excluding carboxylic acids is 1. The average molecular weight is 396 g/mol. The van der Waals surface area contributed by atoms with Gasteiger partial charge in [-0.1, -0.05) is 58.3 Å². The Kier molecular flexibility index (Phi) is 10.2. The summed E-state index contributed by atoms with van der Waals surface area (Å²) in [5.41, 5.74) is -0.534. The summed E-state index contributed by atoms with van der Waals surface area (Å²) < 4.78 is 11.8. The fourth-order valence-electron chi connectivity index (χ4n) is 3.19. The van der Waals surface area contributed by atoms with Crippen molar-refractivity contribution >= 4 is 11.7 Å². The van der Waals surface area contributed by atoms with Crippen molar-refractivity contribution in [3.05, 3.63) is 22.7 Å². The van der Waals surface area contributed by atoms with E-state index in [9.17, 15) is 9.59 Å². The average Bonchev–Trinajstić information content (AvgIpc) is 3.16. The minimum atomic E-state index is -0.729. The van der Waals surface area contributed by atoms with Crippen LogP contribution >= 0.6 is 0 Å². The zero-order valence-corrected chi connectivity index (χ0v) is 16.8. The lowest BCUT2D eigenvalue weighted by atomic mass is 10.1. The molecule has 2 heterocycles. The van der Waals surface area contributed by atoms with Crippen molar-refractivity contribution in [2.45, 2.75) is 83.6 Å². The first-order chi connectivity index (χ1) is 13.6. The largest absolute Gasteiger partial charge is 0.391 e. The van der Waals surface area contributed by atoms with Gasteiger partial charge in [-0.05, 0) is 12.5 Å². The van der Waals surface area contributed by atoms with Crippen LogP contribution in [0.1, 0.15) is 77.4 Å². The molecule has 1 aliphatic heterocycles. The highest BCUT2D eigenvalue weighted by Crippen LogP contribution is 2.19. The Morgan fingerprint density at radius 2 is 1.89 bits per heavy atom. The molecule has 1 aromatic rings. The third kappa shape index (κ3) is 7.69. The van der Waals surface area contributed by atoms with Crippen molar-refractivity contribution in [3.63, 3.8) is 0 Å². The summed E-state index contributed by atoms with van der Waals surface area (Å²) in [6.07, 6.45) is 11.4. The second kappa shape index (κ2) is 12.6. The number of hydrogen-bond donors (Lipinski definition) is 2. The number of carbonyl (C=O) groups is 1. The maximum atomic E-state index is 12.1. The highest BCUT2D eigenvalue weighted by atomic mass is 16.7. The predicted molar refractivity (Wildman–Crippen MR) is 106 cm³/mol. The molecule has 0 bridgehead atoms. The molecule has 2 N–H and O–H groups in total. The van der Waals surface area contributed by atoms with Crippen LogP contribution in [0, 0.1) is 0 Å². The van der Waals surface area contributed by atoms with Gasteiger partial charge in [0, 0.05) is 12.6 Å². The van der Waals surface area contributed by atoms with Gasteiger partial charge in [-0.2, -0.15) is 4.98 Å². The third-order valence-corrected chi connectivity index (χ3v) is 4.80. The molecule has 0 spiro atoms. The van der Waals surface area contributed by atoms with Gasteiger partial charge in [-0.3, -0.25) is 9.36 Å². The van der Waals surface area contributed by atoms with Gasteiger partial charge in [-0.15, -0.1) is 0 Å². The molecule has 2 unspecified atom stereocenters. The van der Waals surface area contributed by atoms with Crippen LogP contribution in [-0.4, -0.2) is 40.1 Å². The summed E-state index contributed by atoms with van der Waals surface area (Å²) in [7, 11) is 0. The lowest BCUT2D eigenvalue weighted by Crippen LogP contribution is -2.29. The monoisotopic (exact) mass is 395 g/mol. The van der Waals surface area contributed by atoms with E-state index in [0.717, 1.165) is 19.3 Å². The molecule has 1 aromatic heterocycles. The molecule has 0 radical (unpaired) electrons. The summed E-state index contributed by atoms with van der Waals surface area (Å²) in [4.78, 5) is 28.0. The minimum absolute atomic E-state index is 0.131. The molecule has 1 aliphatic rings. The van der Waals surface area contributed by atoms with Gasteiger partial charge < -0.3 is 19.9 Å². The number of hydrogen-bond acceptors (Lipinski definition) is 6. The summed E-state index contributed by atoms with van der Waals surface area (Å²) in [6.45, 7) is 2.11. The number of amides is 1. The lowest BCUT2D eigenvalue weighted by Gasteiger charge is -2.12. The number of unbranched alkanes of at least 4 members (excludes halogenated alkanes) is 8. The number of nitrogens with zero attached hydrogens (tertiary/aromatic N) is 2. The van der Waals surface area contributed by atoms with Crippen LogP contribution in [0.2, 0.25) is 0 Å². The molecule has 1 fully saturated rings. The topological polar surface area (TPSA) is 103 Å². The second-order valence-corrected chi connectivity index (χ2v) is 7.17. The van der Waals surface area contributed by atoms with Gasteiger partial charge in [-0.25, -0.2) is 4.79 Å². The zero-order chi connectivity index (χ0) is 20.2. The highest BCUT2D eigenvalue weighted by Gasteiger charge is 2.27. The number of aliphatic hydroxyl groups is 1. The van der Waals surface area contributed by atoms with E-state index in [1.807, 2.05) is 0 Å². The SMILES string of the molecule is CCCCCCCCCCCC(=O)Nc1ccn(C2COC(CO)O2)c(=O)n1. The Bertz CT molecular complexity index is 649. The number of ether oxygens (including phenoxy) is 2. The molecule has 8 nitrogen and oxygen atoms in total. The third-order valence-electron chi connectivity index (χ3n) is 4.80. The number of aromatic nitrogens is 2. The van der Waals surface area contributed by atoms with E-state index in [4.69, 9.17) is 14.6 Å². The Labute approximate surface area is 166 Å². The quantitative estimate of drug-likeness (QED) is 0.498. The van der Waals surface area contributed by atoms with E-state index in [1.54, 1.807) is 6.07 Å². The molecule has 1 amide bonds. The number of aliphatic hydroxyl groups excluding tert-OH is 1. The first-order valence-electron chi connectivity index (χ1n) is 10.4. The molecule has 158 valence electrons. The zero-order valence-electron chi connectivity index (χ0n) is 16.8. The molecule has 2 rings (SSSR count). The van der Waals surface area contributed by atoms with Crippen LogP contribution in [0.5, 0.6) is 0 Å². The van der Waals surface area contributed by atoms with Gasteiger partial charge in [0.15, 0.2) is 12.5 Å². The van der Waals surface area contributed by atoms with Crippen molar-refractivity contribution < 1.29 is 19.4 Å². The van der Waals surface area contributed by atoms with Crippen LogP contribution in [0.25, 0.3) is 0 Å². The molecule has 28 heavy (non-hydrogen) atoms. The van der Waals surface area contributed by atoms with E-state index in [0.29, 0.717) is 6.42 Å². The number of anilines is 1. The fourth-order valence-corrected chi connectivity index (χ4v) is 3.19. The highest BCUT2D eigenvalue weighted by molar-refractivity contribution is 5.89. The van der Waals surface area contributed by atoms with Crippen molar-refractivity contribution in [2.75, 3.05) is 18.5 Å². The van der Waals surface area contributed by atoms with Gasteiger partial charge in [0.1, 0.15) is 5.82 Å². The Balaban J connectivity index is 1.64. The number of nitrogens with one attached hydrogen (secondary N) is 1. The van der Waals surface area contributed by atoms with Gasteiger partial charge in [0.05, 0.1) is 13.2 Å². The minimum Gasteiger partial charge on any atom is -0.391 e. The first-order valence-corrected chi connectivity index (χ1v) is 10.4. The molecule has 0 saturated carbocycles. The molecular formula is C20H33N3O5. The molecular weight excluding hydrogens is 362 g/mol. The number of rotatable bonds is 13. The van der Waals surface area contributed by atoms with E-state index in [1.165, 1.54) is 49.3 Å². The molecule has 2 atom stereocenters. The maximum Gasteiger partial charge on any atom is 0.351 e. The van der Waals surface area contributed by atoms with E-state index >= 15 is 0 Å².